The maximum absolute atomic E-state index is 14.3. The monoisotopic (exact) mass is 289 g/mol. The van der Waals surface area contributed by atoms with Gasteiger partial charge in [-0.1, -0.05) is 18.2 Å². The number of benzene rings is 1. The number of guanidine groups is 1. The molecule has 0 amide bonds. The van der Waals surface area contributed by atoms with Crippen molar-refractivity contribution in [3.8, 4) is 0 Å². The van der Waals surface area contributed by atoms with Crippen molar-refractivity contribution in [3.63, 3.8) is 0 Å². The lowest BCUT2D eigenvalue weighted by Gasteiger charge is -2.26. The summed E-state index contributed by atoms with van der Waals surface area (Å²) in [6.45, 7) is 4.11. The Balaban J connectivity index is 2.00. The van der Waals surface area contributed by atoms with Crippen LogP contribution in [0.3, 0.4) is 0 Å². The quantitative estimate of drug-likeness (QED) is 0.940. The molecule has 0 saturated carbocycles. The lowest BCUT2D eigenvalue weighted by Crippen LogP contribution is -2.39. The van der Waals surface area contributed by atoms with Crippen molar-refractivity contribution in [2.75, 3.05) is 18.0 Å². The van der Waals surface area contributed by atoms with E-state index in [1.54, 1.807) is 17.4 Å². The SMILES string of the molecule is Cc1cccc(F)c1N(Cc1cccs1)C1=NCCN1. The van der Waals surface area contributed by atoms with Crippen molar-refractivity contribution < 1.29 is 4.39 Å². The molecular weight excluding hydrogens is 273 g/mol. The van der Waals surface area contributed by atoms with E-state index in [9.17, 15) is 4.39 Å². The number of hydrogen-bond acceptors (Lipinski definition) is 4. The summed E-state index contributed by atoms with van der Waals surface area (Å²) < 4.78 is 14.3. The predicted octanol–water partition coefficient (Wildman–Crippen LogP) is 3.16. The van der Waals surface area contributed by atoms with Gasteiger partial charge in [0.1, 0.15) is 5.82 Å². The summed E-state index contributed by atoms with van der Waals surface area (Å²) >= 11 is 1.67. The molecule has 1 N–H and O–H groups in total. The van der Waals surface area contributed by atoms with E-state index in [1.807, 2.05) is 29.3 Å². The zero-order valence-corrected chi connectivity index (χ0v) is 12.1. The molecule has 0 saturated heterocycles. The first kappa shape index (κ1) is 13.1. The molecule has 5 heteroatoms. The molecule has 2 aromatic rings. The number of hydrogen-bond donors (Lipinski definition) is 1. The predicted molar refractivity (Wildman–Crippen MR) is 81.9 cm³/mol. The first-order chi connectivity index (χ1) is 9.75. The number of aliphatic imine (C=N–C) groups is 1. The van der Waals surface area contributed by atoms with Gasteiger partial charge in [0.05, 0.1) is 18.8 Å². The molecule has 0 atom stereocenters. The summed E-state index contributed by atoms with van der Waals surface area (Å²) in [6.07, 6.45) is 0. The van der Waals surface area contributed by atoms with E-state index < -0.39 is 0 Å². The number of nitrogens with one attached hydrogen (secondary N) is 1. The van der Waals surface area contributed by atoms with Gasteiger partial charge in [-0.2, -0.15) is 0 Å². The summed E-state index contributed by atoms with van der Waals surface area (Å²) in [5, 5.41) is 5.27. The summed E-state index contributed by atoms with van der Waals surface area (Å²) in [6, 6.07) is 9.23. The van der Waals surface area contributed by atoms with E-state index in [2.05, 4.69) is 16.4 Å². The standard InChI is InChI=1S/C15H16FN3S/c1-11-4-2-6-13(16)14(11)19(15-17-7-8-18-15)10-12-5-3-9-20-12/h2-6,9H,7-8,10H2,1H3,(H,17,18). The largest absolute Gasteiger partial charge is 0.354 e. The molecule has 0 bridgehead atoms. The first-order valence-electron chi connectivity index (χ1n) is 6.59. The van der Waals surface area contributed by atoms with Crippen LogP contribution in [0.5, 0.6) is 0 Å². The molecular formula is C15H16FN3S. The van der Waals surface area contributed by atoms with Gasteiger partial charge in [-0.25, -0.2) is 4.39 Å². The van der Waals surface area contributed by atoms with Crippen LogP contribution < -0.4 is 10.2 Å². The van der Waals surface area contributed by atoms with Crippen LogP contribution in [0.2, 0.25) is 0 Å². The molecule has 104 valence electrons. The van der Waals surface area contributed by atoms with Crippen LogP contribution in [-0.2, 0) is 6.54 Å². The van der Waals surface area contributed by atoms with Gasteiger partial charge in [-0.15, -0.1) is 11.3 Å². The molecule has 0 radical (unpaired) electrons. The van der Waals surface area contributed by atoms with Crippen molar-refractivity contribution in [2.24, 2.45) is 4.99 Å². The van der Waals surface area contributed by atoms with Crippen LogP contribution in [-0.4, -0.2) is 19.0 Å². The normalized spacial score (nSPS) is 14.0. The van der Waals surface area contributed by atoms with E-state index in [1.165, 1.54) is 10.9 Å². The van der Waals surface area contributed by atoms with Crippen molar-refractivity contribution >= 4 is 23.0 Å². The molecule has 3 rings (SSSR count). The van der Waals surface area contributed by atoms with Gasteiger partial charge >= 0.3 is 0 Å². The molecule has 0 fully saturated rings. The summed E-state index contributed by atoms with van der Waals surface area (Å²) in [5.41, 5.74) is 1.52. The molecule has 0 unspecified atom stereocenters. The zero-order chi connectivity index (χ0) is 13.9. The van der Waals surface area contributed by atoms with E-state index in [4.69, 9.17) is 0 Å². The summed E-state index contributed by atoms with van der Waals surface area (Å²) in [4.78, 5) is 7.56. The molecule has 0 aliphatic carbocycles. The van der Waals surface area contributed by atoms with E-state index >= 15 is 0 Å². The number of nitrogens with zero attached hydrogens (tertiary/aromatic N) is 2. The van der Waals surface area contributed by atoms with Gasteiger partial charge in [0.25, 0.3) is 0 Å². The first-order valence-corrected chi connectivity index (χ1v) is 7.47. The number of para-hydroxylation sites is 1. The molecule has 20 heavy (non-hydrogen) atoms. The van der Waals surface area contributed by atoms with Gasteiger partial charge in [0, 0.05) is 11.4 Å². The lowest BCUT2D eigenvalue weighted by molar-refractivity contribution is 0.624. The van der Waals surface area contributed by atoms with E-state index in [-0.39, 0.29) is 5.82 Å². The zero-order valence-electron chi connectivity index (χ0n) is 11.3. The number of aryl methyl sites for hydroxylation is 1. The molecule has 0 spiro atoms. The molecule has 1 aromatic heterocycles. The van der Waals surface area contributed by atoms with Crippen LogP contribution in [0.15, 0.2) is 40.7 Å². The smallest absolute Gasteiger partial charge is 0.199 e. The second-order valence-electron chi connectivity index (χ2n) is 4.70. The highest BCUT2D eigenvalue weighted by Crippen LogP contribution is 2.27. The van der Waals surface area contributed by atoms with Crippen LogP contribution in [0.25, 0.3) is 0 Å². The average molecular weight is 289 g/mol. The Hall–Kier alpha value is -1.88. The van der Waals surface area contributed by atoms with Crippen LogP contribution in [0.1, 0.15) is 10.4 Å². The Bertz CT molecular complexity index is 602. The Morgan fingerprint density at radius 1 is 1.35 bits per heavy atom. The maximum Gasteiger partial charge on any atom is 0.199 e. The third kappa shape index (κ3) is 2.54. The van der Waals surface area contributed by atoms with E-state index in [0.29, 0.717) is 12.2 Å². The second kappa shape index (κ2) is 5.63. The molecule has 1 aliphatic rings. The van der Waals surface area contributed by atoms with Crippen LogP contribution >= 0.6 is 11.3 Å². The van der Waals surface area contributed by atoms with Crippen molar-refractivity contribution in [3.05, 3.63) is 52.0 Å². The molecule has 2 heterocycles. The fourth-order valence-corrected chi connectivity index (χ4v) is 3.04. The average Bonchev–Trinajstić information content (AvgIpc) is 3.10. The Kier molecular flexibility index (Phi) is 3.69. The van der Waals surface area contributed by atoms with Gasteiger partial charge in [-0.3, -0.25) is 4.99 Å². The van der Waals surface area contributed by atoms with E-state index in [0.717, 1.165) is 24.6 Å². The van der Waals surface area contributed by atoms with Gasteiger partial charge in [-0.05, 0) is 30.0 Å². The fourth-order valence-electron chi connectivity index (χ4n) is 2.35. The number of halogens is 1. The van der Waals surface area contributed by atoms with Crippen LogP contribution in [0, 0.1) is 12.7 Å². The topological polar surface area (TPSA) is 27.6 Å². The Labute approximate surface area is 121 Å². The van der Waals surface area contributed by atoms with Gasteiger partial charge < -0.3 is 10.2 Å². The third-order valence-corrected chi connectivity index (χ3v) is 4.13. The fraction of sp³-hybridized carbons (Fsp3) is 0.267. The second-order valence-corrected chi connectivity index (χ2v) is 5.74. The van der Waals surface area contributed by atoms with Crippen molar-refractivity contribution in [1.82, 2.24) is 5.32 Å². The Morgan fingerprint density at radius 3 is 2.90 bits per heavy atom. The number of thiophene rings is 1. The Morgan fingerprint density at radius 2 is 2.25 bits per heavy atom. The van der Waals surface area contributed by atoms with Gasteiger partial charge in [0.2, 0.25) is 0 Å². The van der Waals surface area contributed by atoms with Crippen molar-refractivity contribution in [2.45, 2.75) is 13.5 Å². The highest BCUT2D eigenvalue weighted by molar-refractivity contribution is 7.09. The summed E-state index contributed by atoms with van der Waals surface area (Å²) in [5.74, 6) is 0.546. The minimum atomic E-state index is -0.210. The highest BCUT2D eigenvalue weighted by atomic mass is 32.1. The number of anilines is 1. The van der Waals surface area contributed by atoms with Crippen LogP contribution in [0.4, 0.5) is 10.1 Å². The summed E-state index contributed by atoms with van der Waals surface area (Å²) in [7, 11) is 0. The third-order valence-electron chi connectivity index (χ3n) is 3.26. The minimum absolute atomic E-state index is 0.210. The molecule has 1 aliphatic heterocycles. The highest BCUT2D eigenvalue weighted by Gasteiger charge is 2.21. The molecule has 1 aromatic carbocycles. The maximum atomic E-state index is 14.3. The van der Waals surface area contributed by atoms with Crippen molar-refractivity contribution in [1.29, 1.82) is 0 Å². The van der Waals surface area contributed by atoms with Gasteiger partial charge in [0.15, 0.2) is 5.96 Å². The molecule has 3 nitrogen and oxygen atoms in total. The lowest BCUT2D eigenvalue weighted by atomic mass is 10.1. The number of rotatable bonds is 3. The minimum Gasteiger partial charge on any atom is -0.354 e.